The van der Waals surface area contributed by atoms with E-state index < -0.39 is 0 Å². The van der Waals surface area contributed by atoms with Crippen molar-refractivity contribution < 1.29 is 4.74 Å². The quantitative estimate of drug-likeness (QED) is 0.719. The first-order valence-corrected chi connectivity index (χ1v) is 5.40. The van der Waals surface area contributed by atoms with E-state index in [-0.39, 0.29) is 0 Å². The highest BCUT2D eigenvalue weighted by Gasteiger charge is 2.09. The molecule has 8 heteroatoms. The van der Waals surface area contributed by atoms with Crippen LogP contribution in [0, 0.1) is 13.8 Å². The maximum Gasteiger partial charge on any atom is 0.220 e. The van der Waals surface area contributed by atoms with Crippen molar-refractivity contribution in [2.45, 2.75) is 20.5 Å². The number of aromatic amines is 1. The molecule has 18 heavy (non-hydrogen) atoms. The first-order valence-electron chi connectivity index (χ1n) is 5.40. The molecule has 3 heterocycles. The Morgan fingerprint density at radius 1 is 1.39 bits per heavy atom. The highest BCUT2D eigenvalue weighted by atomic mass is 16.5. The molecule has 0 unspecified atom stereocenters. The lowest BCUT2D eigenvalue weighted by molar-refractivity contribution is 0.282. The molecule has 0 aliphatic heterocycles. The van der Waals surface area contributed by atoms with E-state index in [1.165, 1.54) is 6.33 Å². The molecule has 0 amide bonds. The summed E-state index contributed by atoms with van der Waals surface area (Å²) in [6.45, 7) is 4.05. The standard InChI is InChI=1S/C10H11N7O/c1-6-3-17-9(7(2)14-16-17)13-10(6)18-4-8-11-5-12-15-8/h3,5H,4H2,1-2H3,(H,11,12,15). The Hall–Kier alpha value is -2.51. The van der Waals surface area contributed by atoms with Crippen LogP contribution in [0.25, 0.3) is 5.65 Å². The van der Waals surface area contributed by atoms with Gasteiger partial charge >= 0.3 is 0 Å². The molecule has 0 aromatic carbocycles. The summed E-state index contributed by atoms with van der Waals surface area (Å²) < 4.78 is 7.23. The van der Waals surface area contributed by atoms with E-state index in [1.54, 1.807) is 4.52 Å². The number of H-pyrrole nitrogens is 1. The fraction of sp³-hybridized carbons (Fsp3) is 0.300. The minimum Gasteiger partial charge on any atom is -0.469 e. The van der Waals surface area contributed by atoms with E-state index in [2.05, 4.69) is 30.5 Å². The zero-order chi connectivity index (χ0) is 12.5. The smallest absolute Gasteiger partial charge is 0.220 e. The number of ether oxygens (including phenoxy) is 1. The van der Waals surface area contributed by atoms with Crippen LogP contribution in [0.15, 0.2) is 12.5 Å². The highest BCUT2D eigenvalue weighted by molar-refractivity contribution is 5.45. The minimum atomic E-state index is 0.296. The molecule has 0 spiro atoms. The van der Waals surface area contributed by atoms with Gasteiger partial charge in [0.2, 0.25) is 5.88 Å². The Labute approximate surface area is 102 Å². The summed E-state index contributed by atoms with van der Waals surface area (Å²) in [5.41, 5.74) is 2.33. The van der Waals surface area contributed by atoms with Crippen LogP contribution >= 0.6 is 0 Å². The number of nitrogens with zero attached hydrogens (tertiary/aromatic N) is 6. The summed E-state index contributed by atoms with van der Waals surface area (Å²) in [6, 6.07) is 0. The molecule has 92 valence electrons. The summed E-state index contributed by atoms with van der Waals surface area (Å²) >= 11 is 0. The van der Waals surface area contributed by atoms with Gasteiger partial charge in [0.25, 0.3) is 0 Å². The summed E-state index contributed by atoms with van der Waals surface area (Å²) in [7, 11) is 0. The van der Waals surface area contributed by atoms with Crippen molar-refractivity contribution in [3.63, 3.8) is 0 Å². The molecule has 0 fully saturated rings. The Balaban J connectivity index is 1.91. The van der Waals surface area contributed by atoms with Gasteiger partial charge in [-0.3, -0.25) is 5.10 Å². The summed E-state index contributed by atoms with van der Waals surface area (Å²) in [6.07, 6.45) is 3.27. The third-order valence-corrected chi connectivity index (χ3v) is 2.50. The molecule has 8 nitrogen and oxygen atoms in total. The minimum absolute atomic E-state index is 0.296. The lowest BCUT2D eigenvalue weighted by Crippen LogP contribution is -2.03. The average molecular weight is 245 g/mol. The molecule has 0 aliphatic carbocycles. The fourth-order valence-corrected chi connectivity index (χ4v) is 1.59. The van der Waals surface area contributed by atoms with Gasteiger partial charge in [0.15, 0.2) is 11.5 Å². The molecule has 0 saturated carbocycles. The largest absolute Gasteiger partial charge is 0.469 e. The third kappa shape index (κ3) is 1.77. The predicted octanol–water partition coefficient (Wildman–Crippen LogP) is 0.438. The van der Waals surface area contributed by atoms with E-state index in [4.69, 9.17) is 4.74 Å². The van der Waals surface area contributed by atoms with Crippen molar-refractivity contribution in [3.05, 3.63) is 29.6 Å². The summed E-state index contributed by atoms with van der Waals surface area (Å²) in [4.78, 5) is 8.37. The Bertz CT molecular complexity index is 673. The highest BCUT2D eigenvalue weighted by Crippen LogP contribution is 2.17. The van der Waals surface area contributed by atoms with Crippen LogP contribution in [0.1, 0.15) is 17.1 Å². The lowest BCUT2D eigenvalue weighted by atomic mass is 10.3. The van der Waals surface area contributed by atoms with Crippen LogP contribution in [-0.4, -0.2) is 35.0 Å². The predicted molar refractivity (Wildman–Crippen MR) is 61.0 cm³/mol. The molecule has 3 aromatic rings. The van der Waals surface area contributed by atoms with Crippen molar-refractivity contribution in [2.24, 2.45) is 0 Å². The van der Waals surface area contributed by atoms with Crippen molar-refractivity contribution in [2.75, 3.05) is 0 Å². The van der Waals surface area contributed by atoms with E-state index in [0.29, 0.717) is 24.0 Å². The molecule has 0 aliphatic rings. The second-order valence-electron chi connectivity index (χ2n) is 3.89. The number of hydrogen-bond acceptors (Lipinski definition) is 6. The molecule has 3 rings (SSSR count). The van der Waals surface area contributed by atoms with Crippen molar-refractivity contribution in [3.8, 4) is 5.88 Å². The zero-order valence-electron chi connectivity index (χ0n) is 9.95. The number of aryl methyl sites for hydroxylation is 2. The SMILES string of the molecule is Cc1cn2nnc(C)c2nc1OCc1ncn[nH]1. The van der Waals surface area contributed by atoms with Gasteiger partial charge in [-0.05, 0) is 13.8 Å². The molecule has 1 N–H and O–H groups in total. The van der Waals surface area contributed by atoms with Gasteiger partial charge in [0, 0.05) is 11.8 Å². The van der Waals surface area contributed by atoms with Crippen LogP contribution in [-0.2, 0) is 6.61 Å². The molecule has 0 radical (unpaired) electrons. The van der Waals surface area contributed by atoms with E-state index in [9.17, 15) is 0 Å². The van der Waals surface area contributed by atoms with Crippen LogP contribution < -0.4 is 4.74 Å². The van der Waals surface area contributed by atoms with Gasteiger partial charge in [-0.1, -0.05) is 5.21 Å². The topological polar surface area (TPSA) is 93.9 Å². The van der Waals surface area contributed by atoms with Gasteiger partial charge in [0.1, 0.15) is 18.6 Å². The fourth-order valence-electron chi connectivity index (χ4n) is 1.59. The molecule has 0 saturated heterocycles. The first-order chi connectivity index (χ1) is 8.74. The maximum atomic E-state index is 5.60. The van der Waals surface area contributed by atoms with Crippen molar-refractivity contribution in [1.29, 1.82) is 0 Å². The van der Waals surface area contributed by atoms with E-state index in [1.807, 2.05) is 20.0 Å². The van der Waals surface area contributed by atoms with E-state index in [0.717, 1.165) is 11.3 Å². The molecule has 0 atom stereocenters. The molecule has 0 bridgehead atoms. The first kappa shape index (κ1) is 10.6. The van der Waals surface area contributed by atoms with Crippen LogP contribution in [0.4, 0.5) is 0 Å². The van der Waals surface area contributed by atoms with Crippen LogP contribution in [0.2, 0.25) is 0 Å². The molecular formula is C10H11N7O. The Morgan fingerprint density at radius 2 is 2.28 bits per heavy atom. The second-order valence-corrected chi connectivity index (χ2v) is 3.89. The van der Waals surface area contributed by atoms with E-state index >= 15 is 0 Å². The number of fused-ring (bicyclic) bond motifs is 1. The van der Waals surface area contributed by atoms with Crippen LogP contribution in [0.5, 0.6) is 5.88 Å². The van der Waals surface area contributed by atoms with Gasteiger partial charge in [-0.15, -0.1) is 5.10 Å². The Kier molecular flexibility index (Phi) is 2.40. The number of rotatable bonds is 3. The molecular weight excluding hydrogens is 234 g/mol. The number of hydrogen-bond donors (Lipinski definition) is 1. The number of aromatic nitrogens is 7. The zero-order valence-corrected chi connectivity index (χ0v) is 9.95. The average Bonchev–Trinajstić information content (AvgIpc) is 2.97. The monoisotopic (exact) mass is 245 g/mol. The Morgan fingerprint density at radius 3 is 3.06 bits per heavy atom. The second kappa shape index (κ2) is 4.06. The maximum absolute atomic E-state index is 5.60. The molecule has 3 aromatic heterocycles. The van der Waals surface area contributed by atoms with Crippen LogP contribution in [0.3, 0.4) is 0 Å². The van der Waals surface area contributed by atoms with Gasteiger partial charge in [-0.25, -0.2) is 9.50 Å². The summed E-state index contributed by atoms with van der Waals surface area (Å²) in [5, 5.41) is 14.4. The number of nitrogens with one attached hydrogen (secondary N) is 1. The van der Waals surface area contributed by atoms with Gasteiger partial charge in [0.05, 0.1) is 0 Å². The lowest BCUT2D eigenvalue weighted by Gasteiger charge is -2.06. The summed E-state index contributed by atoms with van der Waals surface area (Å²) in [5.74, 6) is 1.20. The van der Waals surface area contributed by atoms with Crippen molar-refractivity contribution in [1.82, 2.24) is 35.0 Å². The normalized spacial score (nSPS) is 11.0. The van der Waals surface area contributed by atoms with Crippen molar-refractivity contribution >= 4 is 5.65 Å². The van der Waals surface area contributed by atoms with Gasteiger partial charge < -0.3 is 4.74 Å². The van der Waals surface area contributed by atoms with Gasteiger partial charge in [-0.2, -0.15) is 10.1 Å². The third-order valence-electron chi connectivity index (χ3n) is 2.50.